The lowest BCUT2D eigenvalue weighted by Gasteiger charge is -2.33. The Bertz CT molecular complexity index is 1670. The summed E-state index contributed by atoms with van der Waals surface area (Å²) in [6, 6.07) is 24.6. The number of nitrogens with zero attached hydrogens (tertiary/aromatic N) is 3. The Labute approximate surface area is 236 Å². The summed E-state index contributed by atoms with van der Waals surface area (Å²) in [6.07, 6.45) is 3.16. The minimum Gasteiger partial charge on any atom is -0.326 e. The van der Waals surface area contributed by atoms with Gasteiger partial charge in [-0.2, -0.15) is 0 Å². The molecule has 0 aliphatic heterocycles. The van der Waals surface area contributed by atoms with Crippen molar-refractivity contribution < 1.29 is 19.1 Å². The summed E-state index contributed by atoms with van der Waals surface area (Å²) < 4.78 is 14.3. The first-order chi connectivity index (χ1) is 19.3. The number of fused-ring (bicyclic) bond motifs is 1. The number of carbonyl (C=O) groups is 1. The number of hydrogen-bond donors (Lipinski definition) is 3. The Morgan fingerprint density at radius 3 is 2.33 bits per heavy atom. The lowest BCUT2D eigenvalue weighted by atomic mass is 9.92. The van der Waals surface area contributed by atoms with Gasteiger partial charge in [0.15, 0.2) is 5.13 Å². The van der Waals surface area contributed by atoms with E-state index in [9.17, 15) is 19.1 Å². The third-order valence-electron chi connectivity index (χ3n) is 7.41. The van der Waals surface area contributed by atoms with Crippen molar-refractivity contribution in [3.63, 3.8) is 0 Å². The Morgan fingerprint density at radius 1 is 0.975 bits per heavy atom. The number of benzene rings is 3. The van der Waals surface area contributed by atoms with Crippen LogP contribution in [0.4, 0.5) is 5.69 Å². The van der Waals surface area contributed by atoms with Gasteiger partial charge < -0.3 is 15.1 Å². The van der Waals surface area contributed by atoms with Crippen molar-refractivity contribution in [1.82, 2.24) is 14.5 Å². The minimum atomic E-state index is -4.37. The maximum absolute atomic E-state index is 12.9. The second-order valence-corrected chi connectivity index (χ2v) is 12.7. The molecular formula is C30H31N4O4PS. The van der Waals surface area contributed by atoms with Crippen LogP contribution >= 0.6 is 18.9 Å². The smallest absolute Gasteiger partial charge is 0.326 e. The molecule has 2 heterocycles. The lowest BCUT2D eigenvalue weighted by Crippen LogP contribution is -2.24. The van der Waals surface area contributed by atoms with E-state index in [0.717, 1.165) is 32.3 Å². The SMILES string of the molecule is CCC(CC)(c1ccc(NC(=O)CCc2sc(-n3cnc4ccccc43)nc2-c2ccccc2)cc1)P(=O)(O)O. The molecule has 0 aliphatic rings. The van der Waals surface area contributed by atoms with Gasteiger partial charge in [-0.25, -0.2) is 9.97 Å². The third-order valence-corrected chi connectivity index (χ3v) is 10.5. The predicted octanol–water partition coefficient (Wildman–Crippen LogP) is 6.91. The van der Waals surface area contributed by atoms with E-state index in [2.05, 4.69) is 10.3 Å². The summed E-state index contributed by atoms with van der Waals surface area (Å²) in [4.78, 5) is 43.4. The molecule has 8 nitrogen and oxygen atoms in total. The van der Waals surface area contributed by atoms with E-state index in [1.165, 1.54) is 0 Å². The van der Waals surface area contributed by atoms with Crippen LogP contribution in [0.3, 0.4) is 0 Å². The normalized spacial score (nSPS) is 12.1. The highest BCUT2D eigenvalue weighted by molar-refractivity contribution is 7.53. The summed E-state index contributed by atoms with van der Waals surface area (Å²) in [6.45, 7) is 3.56. The summed E-state index contributed by atoms with van der Waals surface area (Å²) >= 11 is 1.55. The molecule has 5 rings (SSSR count). The molecule has 2 aromatic heterocycles. The van der Waals surface area contributed by atoms with Crippen molar-refractivity contribution in [2.45, 2.75) is 44.7 Å². The van der Waals surface area contributed by atoms with Gasteiger partial charge in [0.2, 0.25) is 5.91 Å². The van der Waals surface area contributed by atoms with Crippen molar-refractivity contribution in [2.75, 3.05) is 5.32 Å². The summed E-state index contributed by atoms with van der Waals surface area (Å²) in [7, 11) is -4.37. The molecule has 0 spiro atoms. The number of thiazole rings is 1. The molecule has 3 N–H and O–H groups in total. The number of para-hydroxylation sites is 2. The zero-order chi connectivity index (χ0) is 28.3. The number of carbonyl (C=O) groups excluding carboxylic acids is 1. The number of aromatic nitrogens is 3. The Kier molecular flexibility index (Phi) is 8.01. The van der Waals surface area contributed by atoms with Crippen LogP contribution in [0, 0.1) is 0 Å². The van der Waals surface area contributed by atoms with Crippen LogP contribution in [0.1, 0.15) is 43.6 Å². The minimum absolute atomic E-state index is 0.151. The maximum Gasteiger partial charge on any atom is 0.335 e. The molecule has 3 aromatic carbocycles. The van der Waals surface area contributed by atoms with E-state index in [0.29, 0.717) is 30.5 Å². The molecule has 5 aromatic rings. The fraction of sp³-hybridized carbons (Fsp3) is 0.233. The van der Waals surface area contributed by atoms with Gasteiger partial charge in [-0.05, 0) is 49.1 Å². The Hall–Kier alpha value is -3.62. The monoisotopic (exact) mass is 574 g/mol. The van der Waals surface area contributed by atoms with Crippen LogP contribution in [-0.4, -0.2) is 30.2 Å². The average molecular weight is 575 g/mol. The van der Waals surface area contributed by atoms with Crippen LogP contribution < -0.4 is 5.32 Å². The summed E-state index contributed by atoms with van der Waals surface area (Å²) in [5, 5.41) is 2.48. The Balaban J connectivity index is 1.34. The zero-order valence-electron chi connectivity index (χ0n) is 22.3. The quantitative estimate of drug-likeness (QED) is 0.156. The first-order valence-electron chi connectivity index (χ1n) is 13.2. The fourth-order valence-corrected chi connectivity index (χ4v) is 7.47. The number of imidazole rings is 1. The van der Waals surface area contributed by atoms with Gasteiger partial charge in [-0.1, -0.05) is 68.4 Å². The second kappa shape index (κ2) is 11.5. The van der Waals surface area contributed by atoms with Crippen molar-refractivity contribution in [3.05, 3.63) is 95.6 Å². The van der Waals surface area contributed by atoms with E-state index in [1.807, 2.05) is 59.2 Å². The molecule has 0 bridgehead atoms. The molecular weight excluding hydrogens is 543 g/mol. The largest absolute Gasteiger partial charge is 0.335 e. The van der Waals surface area contributed by atoms with Gasteiger partial charge in [0.05, 0.1) is 21.9 Å². The fourth-order valence-electron chi connectivity index (χ4n) is 5.10. The summed E-state index contributed by atoms with van der Waals surface area (Å²) in [5.74, 6) is -0.151. The molecule has 0 radical (unpaired) electrons. The number of rotatable bonds is 10. The highest BCUT2D eigenvalue weighted by atomic mass is 32.1. The zero-order valence-corrected chi connectivity index (χ0v) is 24.0. The van der Waals surface area contributed by atoms with Gasteiger partial charge >= 0.3 is 7.60 Å². The molecule has 206 valence electrons. The highest BCUT2D eigenvalue weighted by Gasteiger charge is 2.45. The molecule has 40 heavy (non-hydrogen) atoms. The van der Waals surface area contributed by atoms with Crippen LogP contribution in [0.5, 0.6) is 0 Å². The number of aryl methyl sites for hydroxylation is 1. The molecule has 0 saturated carbocycles. The molecule has 10 heteroatoms. The van der Waals surface area contributed by atoms with E-state index in [-0.39, 0.29) is 12.3 Å². The van der Waals surface area contributed by atoms with E-state index in [4.69, 9.17) is 4.98 Å². The van der Waals surface area contributed by atoms with Crippen molar-refractivity contribution in [1.29, 1.82) is 0 Å². The van der Waals surface area contributed by atoms with Crippen LogP contribution in [0.25, 0.3) is 27.4 Å². The number of hydrogen-bond acceptors (Lipinski definition) is 5. The van der Waals surface area contributed by atoms with Crippen molar-refractivity contribution >= 4 is 41.6 Å². The maximum atomic E-state index is 12.9. The van der Waals surface area contributed by atoms with Gasteiger partial charge in [0.1, 0.15) is 6.33 Å². The Morgan fingerprint density at radius 2 is 1.65 bits per heavy atom. The average Bonchev–Trinajstić information content (AvgIpc) is 3.58. The van der Waals surface area contributed by atoms with Crippen molar-refractivity contribution in [3.8, 4) is 16.4 Å². The third kappa shape index (κ3) is 5.38. The van der Waals surface area contributed by atoms with E-state index < -0.39 is 12.8 Å². The van der Waals surface area contributed by atoms with Crippen LogP contribution in [-0.2, 0) is 20.9 Å². The van der Waals surface area contributed by atoms with Crippen LogP contribution in [0.15, 0.2) is 85.2 Å². The number of amides is 1. The van der Waals surface area contributed by atoms with E-state index >= 15 is 0 Å². The number of anilines is 1. The molecule has 0 fully saturated rings. The molecule has 0 unspecified atom stereocenters. The lowest BCUT2D eigenvalue weighted by molar-refractivity contribution is -0.116. The van der Waals surface area contributed by atoms with E-state index in [1.54, 1.807) is 55.8 Å². The standard InChI is InChI=1S/C30H31N4O4PS/c1-3-30(4-2,39(36,37)38)22-14-16-23(17-15-22)32-27(35)19-18-26-28(21-10-6-5-7-11-21)33-29(40-26)34-20-31-24-12-8-9-13-25(24)34/h5-17,20H,3-4,18-19H2,1-2H3,(H,32,35)(H2,36,37,38). The summed E-state index contributed by atoms with van der Waals surface area (Å²) in [5.41, 5.74) is 4.85. The van der Waals surface area contributed by atoms with Gasteiger partial charge in [-0.15, -0.1) is 11.3 Å². The first kappa shape index (κ1) is 27.9. The van der Waals surface area contributed by atoms with Gasteiger partial charge in [0.25, 0.3) is 0 Å². The highest BCUT2D eigenvalue weighted by Crippen LogP contribution is 2.60. The molecule has 0 atom stereocenters. The van der Waals surface area contributed by atoms with Crippen molar-refractivity contribution in [2.24, 2.45) is 0 Å². The number of nitrogens with one attached hydrogen (secondary N) is 1. The molecule has 0 aliphatic carbocycles. The first-order valence-corrected chi connectivity index (χ1v) is 15.6. The van der Waals surface area contributed by atoms with Crippen LogP contribution in [0.2, 0.25) is 0 Å². The predicted molar refractivity (Wildman–Crippen MR) is 160 cm³/mol. The van der Waals surface area contributed by atoms with Gasteiger partial charge in [-0.3, -0.25) is 13.9 Å². The second-order valence-electron chi connectivity index (χ2n) is 9.65. The topological polar surface area (TPSA) is 117 Å². The molecule has 1 amide bonds. The molecule has 0 saturated heterocycles. The van der Waals surface area contributed by atoms with Gasteiger partial charge in [0, 0.05) is 22.5 Å².